The van der Waals surface area contributed by atoms with Gasteiger partial charge in [-0.2, -0.15) is 4.31 Å². The van der Waals surface area contributed by atoms with E-state index in [4.69, 9.17) is 17.3 Å². The van der Waals surface area contributed by atoms with Crippen LogP contribution < -0.4 is 21.9 Å². The average molecular weight is 482 g/mol. The lowest BCUT2D eigenvalue weighted by Crippen LogP contribution is -2.47. The summed E-state index contributed by atoms with van der Waals surface area (Å²) in [4.78, 5) is 35.7. The van der Waals surface area contributed by atoms with Crippen LogP contribution in [-0.4, -0.2) is 44.2 Å². The highest BCUT2D eigenvalue weighted by Crippen LogP contribution is 2.24. The first kappa shape index (κ1) is 25.1. The van der Waals surface area contributed by atoms with Gasteiger partial charge in [-0.05, 0) is 30.7 Å². The maximum absolute atomic E-state index is 12.5. The Kier molecular flexibility index (Phi) is 8.58. The number of likely N-dealkylation sites (N-methyl/N-ethyl adjacent to an activating group) is 1. The third-order valence-electron chi connectivity index (χ3n) is 4.42. The molecule has 0 aliphatic rings. The Morgan fingerprint density at radius 3 is 2.22 bits per heavy atom. The van der Waals surface area contributed by atoms with E-state index in [-0.39, 0.29) is 11.3 Å². The largest absolute Gasteiger partial charge is 0.352 e. The molecule has 0 saturated heterocycles. The van der Waals surface area contributed by atoms with Crippen LogP contribution in [0.25, 0.3) is 0 Å². The first-order valence-corrected chi connectivity index (χ1v) is 11.2. The van der Waals surface area contributed by atoms with E-state index in [0.29, 0.717) is 10.6 Å². The number of sulfonamides is 1. The second-order valence-corrected chi connectivity index (χ2v) is 9.41. The molecule has 2 rings (SSSR count). The number of primary amides is 1. The number of urea groups is 1. The van der Waals surface area contributed by atoms with Crippen LogP contribution in [0.15, 0.2) is 53.4 Å². The standard InChI is InChI=1S/C20H24ClN5O5S/c1-13-7-9-14(10-8-13)32(30,31)26(2)12-19(28)25-24-18(27)11-17(23-20(22)29)15-5-3-4-6-16(15)21/h3-10,17H,11-12H2,1-2H3,(H,24,27)(H,25,28)(H3,22,23,29). The topological polar surface area (TPSA) is 151 Å². The molecule has 0 spiro atoms. The van der Waals surface area contributed by atoms with Gasteiger partial charge < -0.3 is 11.1 Å². The fourth-order valence-corrected chi connectivity index (χ4v) is 4.16. The maximum Gasteiger partial charge on any atom is 0.312 e. The van der Waals surface area contributed by atoms with Crippen LogP contribution in [0.1, 0.15) is 23.6 Å². The van der Waals surface area contributed by atoms with Gasteiger partial charge in [0.25, 0.3) is 5.91 Å². The molecule has 0 heterocycles. The number of hydrazine groups is 1. The molecule has 0 aliphatic carbocycles. The van der Waals surface area contributed by atoms with E-state index >= 15 is 0 Å². The quantitative estimate of drug-likeness (QED) is 0.418. The summed E-state index contributed by atoms with van der Waals surface area (Å²) >= 11 is 6.12. The highest BCUT2D eigenvalue weighted by atomic mass is 35.5. The van der Waals surface area contributed by atoms with Crippen molar-refractivity contribution in [1.29, 1.82) is 0 Å². The van der Waals surface area contributed by atoms with Crippen LogP contribution in [0.5, 0.6) is 0 Å². The van der Waals surface area contributed by atoms with Crippen molar-refractivity contribution in [2.75, 3.05) is 13.6 Å². The lowest BCUT2D eigenvalue weighted by molar-refractivity contribution is -0.129. The van der Waals surface area contributed by atoms with E-state index in [2.05, 4.69) is 16.2 Å². The fraction of sp³-hybridized carbons (Fsp3) is 0.250. The van der Waals surface area contributed by atoms with Crippen LogP contribution in [0.4, 0.5) is 4.79 Å². The Balaban J connectivity index is 1.95. The SMILES string of the molecule is Cc1ccc(S(=O)(=O)N(C)CC(=O)NNC(=O)CC(NC(N)=O)c2ccccc2Cl)cc1. The van der Waals surface area contributed by atoms with Crippen molar-refractivity contribution in [3.8, 4) is 0 Å². The molecule has 172 valence electrons. The second-order valence-electron chi connectivity index (χ2n) is 6.96. The molecule has 0 bridgehead atoms. The van der Waals surface area contributed by atoms with Gasteiger partial charge in [-0.3, -0.25) is 20.4 Å². The van der Waals surface area contributed by atoms with E-state index in [0.717, 1.165) is 9.87 Å². The Hall–Kier alpha value is -3.15. The minimum absolute atomic E-state index is 0.0440. The van der Waals surface area contributed by atoms with E-state index in [1.807, 2.05) is 6.92 Å². The van der Waals surface area contributed by atoms with Gasteiger partial charge in [-0.1, -0.05) is 47.5 Å². The zero-order valence-corrected chi connectivity index (χ0v) is 19.0. The number of carbonyl (C=O) groups excluding carboxylic acids is 3. The molecule has 5 N–H and O–H groups in total. The van der Waals surface area contributed by atoms with Gasteiger partial charge >= 0.3 is 6.03 Å². The molecule has 0 radical (unpaired) electrons. The normalized spacial score (nSPS) is 12.1. The molecule has 0 saturated carbocycles. The Labute approximate surface area is 191 Å². The predicted octanol–water partition coefficient (Wildman–Crippen LogP) is 1.22. The van der Waals surface area contributed by atoms with Gasteiger partial charge in [0.15, 0.2) is 0 Å². The van der Waals surface area contributed by atoms with Gasteiger partial charge in [0.1, 0.15) is 0 Å². The molecule has 4 amide bonds. The van der Waals surface area contributed by atoms with Crippen LogP contribution in [0.2, 0.25) is 5.02 Å². The van der Waals surface area contributed by atoms with Crippen molar-refractivity contribution >= 4 is 39.5 Å². The first-order chi connectivity index (χ1) is 15.0. The fourth-order valence-electron chi connectivity index (χ4n) is 2.76. The molecule has 10 nitrogen and oxygen atoms in total. The molecule has 2 aromatic rings. The number of nitrogens with one attached hydrogen (secondary N) is 3. The zero-order chi connectivity index (χ0) is 23.9. The monoisotopic (exact) mass is 481 g/mol. The number of hydrogen-bond donors (Lipinski definition) is 4. The summed E-state index contributed by atoms with van der Waals surface area (Å²) in [5.41, 5.74) is 10.9. The van der Waals surface area contributed by atoms with Gasteiger partial charge in [-0.25, -0.2) is 13.2 Å². The van der Waals surface area contributed by atoms with Gasteiger partial charge in [0, 0.05) is 12.1 Å². The predicted molar refractivity (Wildman–Crippen MR) is 119 cm³/mol. The van der Waals surface area contributed by atoms with Crippen LogP contribution in [-0.2, 0) is 19.6 Å². The number of aryl methyl sites for hydroxylation is 1. The molecule has 0 aliphatic heterocycles. The maximum atomic E-state index is 12.5. The molecule has 0 aromatic heterocycles. The van der Waals surface area contributed by atoms with E-state index in [9.17, 15) is 22.8 Å². The molecule has 1 unspecified atom stereocenters. The highest BCUT2D eigenvalue weighted by molar-refractivity contribution is 7.89. The minimum Gasteiger partial charge on any atom is -0.352 e. The summed E-state index contributed by atoms with van der Waals surface area (Å²) in [6.45, 7) is 1.30. The molecular weight excluding hydrogens is 458 g/mol. The molecule has 2 aromatic carbocycles. The number of amides is 4. The zero-order valence-electron chi connectivity index (χ0n) is 17.5. The Morgan fingerprint density at radius 1 is 1.03 bits per heavy atom. The Bertz CT molecular complexity index is 1090. The van der Waals surface area contributed by atoms with E-state index < -0.39 is 40.5 Å². The van der Waals surface area contributed by atoms with E-state index in [1.54, 1.807) is 36.4 Å². The Morgan fingerprint density at radius 2 is 1.62 bits per heavy atom. The van der Waals surface area contributed by atoms with Crippen LogP contribution in [0, 0.1) is 6.92 Å². The minimum atomic E-state index is -3.88. The molecule has 12 heteroatoms. The molecule has 1 atom stereocenters. The number of benzene rings is 2. The number of rotatable bonds is 8. The van der Waals surface area contributed by atoms with Crippen LogP contribution >= 0.6 is 11.6 Å². The second kappa shape index (κ2) is 10.9. The highest BCUT2D eigenvalue weighted by Gasteiger charge is 2.24. The van der Waals surface area contributed by atoms with Gasteiger partial charge in [0.05, 0.1) is 23.9 Å². The van der Waals surface area contributed by atoms with Crippen molar-refractivity contribution in [2.45, 2.75) is 24.3 Å². The number of carbonyl (C=O) groups is 3. The summed E-state index contributed by atoms with van der Waals surface area (Å²) in [6, 6.07) is 11.1. The van der Waals surface area contributed by atoms with Crippen molar-refractivity contribution in [3.05, 3.63) is 64.7 Å². The molecular formula is C20H24ClN5O5S. The lowest BCUT2D eigenvalue weighted by Gasteiger charge is -2.20. The molecule has 0 fully saturated rings. The summed E-state index contributed by atoms with van der Waals surface area (Å²) in [5.74, 6) is -1.41. The van der Waals surface area contributed by atoms with Crippen molar-refractivity contribution < 1.29 is 22.8 Å². The van der Waals surface area contributed by atoms with E-state index in [1.165, 1.54) is 19.2 Å². The lowest BCUT2D eigenvalue weighted by atomic mass is 10.0. The number of nitrogens with zero attached hydrogens (tertiary/aromatic N) is 1. The summed E-state index contributed by atoms with van der Waals surface area (Å²) in [7, 11) is -2.63. The number of hydrogen-bond acceptors (Lipinski definition) is 5. The summed E-state index contributed by atoms with van der Waals surface area (Å²) in [5, 5.41) is 2.75. The van der Waals surface area contributed by atoms with Gasteiger partial charge in [0.2, 0.25) is 15.9 Å². The number of halogens is 1. The summed E-state index contributed by atoms with van der Waals surface area (Å²) < 4.78 is 26.0. The van der Waals surface area contributed by atoms with Crippen LogP contribution in [0.3, 0.4) is 0 Å². The average Bonchev–Trinajstić information content (AvgIpc) is 2.72. The molecule has 32 heavy (non-hydrogen) atoms. The third kappa shape index (κ3) is 6.94. The number of nitrogens with two attached hydrogens (primary N) is 1. The summed E-state index contributed by atoms with van der Waals surface area (Å²) in [6.07, 6.45) is -0.273. The smallest absolute Gasteiger partial charge is 0.312 e. The van der Waals surface area contributed by atoms with Crippen molar-refractivity contribution in [2.24, 2.45) is 5.73 Å². The van der Waals surface area contributed by atoms with Crippen molar-refractivity contribution in [3.63, 3.8) is 0 Å². The third-order valence-corrected chi connectivity index (χ3v) is 6.59. The first-order valence-electron chi connectivity index (χ1n) is 9.41. The van der Waals surface area contributed by atoms with Crippen molar-refractivity contribution in [1.82, 2.24) is 20.5 Å². The van der Waals surface area contributed by atoms with Gasteiger partial charge in [-0.15, -0.1) is 0 Å².